The van der Waals surface area contributed by atoms with E-state index in [2.05, 4.69) is 14.9 Å². The number of imide groups is 1. The molecule has 1 aliphatic heterocycles. The summed E-state index contributed by atoms with van der Waals surface area (Å²) >= 11 is 0. The first-order valence-corrected chi connectivity index (χ1v) is 8.05. The van der Waals surface area contributed by atoms with E-state index in [4.69, 9.17) is 4.42 Å². The van der Waals surface area contributed by atoms with Crippen molar-refractivity contribution in [3.8, 4) is 11.5 Å². The first-order valence-electron chi connectivity index (χ1n) is 8.05. The van der Waals surface area contributed by atoms with Crippen molar-refractivity contribution in [2.24, 2.45) is 0 Å². The molecule has 8 nitrogen and oxygen atoms in total. The van der Waals surface area contributed by atoms with Crippen LogP contribution in [0.2, 0.25) is 0 Å². The van der Waals surface area contributed by atoms with Gasteiger partial charge in [0, 0.05) is 5.56 Å². The Morgan fingerprint density at radius 1 is 1.00 bits per heavy atom. The molecule has 0 fully saturated rings. The van der Waals surface area contributed by atoms with Gasteiger partial charge in [0.2, 0.25) is 11.8 Å². The Bertz CT molecular complexity index is 1020. The number of hydrogen-bond acceptors (Lipinski definition) is 7. The second-order valence-electron chi connectivity index (χ2n) is 5.81. The van der Waals surface area contributed by atoms with Gasteiger partial charge in [0.15, 0.2) is 0 Å². The van der Waals surface area contributed by atoms with Crippen LogP contribution in [0.25, 0.3) is 11.5 Å². The van der Waals surface area contributed by atoms with Gasteiger partial charge in [-0.15, -0.1) is 10.2 Å². The highest BCUT2D eigenvalue weighted by atomic mass is 16.5. The molecule has 2 aromatic carbocycles. The lowest BCUT2D eigenvalue weighted by Gasteiger charge is -2.10. The predicted octanol–water partition coefficient (Wildman–Crippen LogP) is 2.32. The molecule has 1 aliphatic rings. The summed E-state index contributed by atoms with van der Waals surface area (Å²) in [6.07, 6.45) is 0. The lowest BCUT2D eigenvalue weighted by molar-refractivity contribution is 0.0597. The predicted molar refractivity (Wildman–Crippen MR) is 91.7 cm³/mol. The minimum absolute atomic E-state index is 0.112. The molecule has 0 N–H and O–H groups in total. The second-order valence-corrected chi connectivity index (χ2v) is 5.81. The van der Waals surface area contributed by atoms with Gasteiger partial charge in [-0.2, -0.15) is 0 Å². The number of benzene rings is 2. The number of esters is 1. The molecular weight excluding hydrogens is 350 g/mol. The summed E-state index contributed by atoms with van der Waals surface area (Å²) in [5, 5.41) is 7.85. The fourth-order valence-corrected chi connectivity index (χ4v) is 2.82. The van der Waals surface area contributed by atoms with E-state index in [9.17, 15) is 14.4 Å². The van der Waals surface area contributed by atoms with E-state index in [-0.39, 0.29) is 18.3 Å². The maximum Gasteiger partial charge on any atom is 0.337 e. The van der Waals surface area contributed by atoms with Gasteiger partial charge in [0.05, 0.1) is 23.8 Å². The van der Waals surface area contributed by atoms with Crippen LogP contribution in [0.4, 0.5) is 0 Å². The van der Waals surface area contributed by atoms with Gasteiger partial charge in [-0.05, 0) is 36.4 Å². The topological polar surface area (TPSA) is 103 Å². The summed E-state index contributed by atoms with van der Waals surface area (Å²) in [7, 11) is 1.31. The fraction of sp³-hybridized carbons (Fsp3) is 0.105. The molecular formula is C19H13N3O5. The molecule has 134 valence electrons. The first-order chi connectivity index (χ1) is 13.1. The molecule has 1 aromatic heterocycles. The van der Waals surface area contributed by atoms with E-state index in [1.807, 2.05) is 0 Å². The highest BCUT2D eigenvalue weighted by molar-refractivity contribution is 6.21. The van der Waals surface area contributed by atoms with Crippen molar-refractivity contribution in [3.05, 3.63) is 71.1 Å². The number of nitrogens with zero attached hydrogens (tertiary/aromatic N) is 3. The number of hydrogen-bond donors (Lipinski definition) is 0. The largest absolute Gasteiger partial charge is 0.465 e. The molecule has 0 saturated heterocycles. The van der Waals surface area contributed by atoms with Gasteiger partial charge >= 0.3 is 5.97 Å². The maximum atomic E-state index is 12.4. The van der Waals surface area contributed by atoms with Gasteiger partial charge in [-0.3, -0.25) is 14.5 Å². The Hall–Kier alpha value is -3.81. The van der Waals surface area contributed by atoms with E-state index in [0.29, 0.717) is 22.3 Å². The van der Waals surface area contributed by atoms with Crippen LogP contribution in [0.1, 0.15) is 37.0 Å². The fourth-order valence-electron chi connectivity index (χ4n) is 2.82. The minimum atomic E-state index is -0.446. The monoisotopic (exact) mass is 363 g/mol. The van der Waals surface area contributed by atoms with Crippen molar-refractivity contribution in [2.75, 3.05) is 7.11 Å². The van der Waals surface area contributed by atoms with Crippen LogP contribution in [0.3, 0.4) is 0 Å². The molecule has 3 aromatic rings. The smallest absolute Gasteiger partial charge is 0.337 e. The zero-order valence-corrected chi connectivity index (χ0v) is 14.2. The Balaban J connectivity index is 1.53. The summed E-state index contributed by atoms with van der Waals surface area (Å²) in [6.45, 7) is -0.112. The van der Waals surface area contributed by atoms with Crippen LogP contribution >= 0.6 is 0 Å². The minimum Gasteiger partial charge on any atom is -0.465 e. The van der Waals surface area contributed by atoms with Gasteiger partial charge in [-0.1, -0.05) is 12.1 Å². The van der Waals surface area contributed by atoms with Crippen molar-refractivity contribution in [2.45, 2.75) is 6.54 Å². The third-order valence-corrected chi connectivity index (χ3v) is 4.19. The number of carbonyl (C=O) groups is 3. The van der Waals surface area contributed by atoms with Crippen LogP contribution < -0.4 is 0 Å². The number of rotatable bonds is 4. The Morgan fingerprint density at radius 2 is 1.63 bits per heavy atom. The van der Waals surface area contributed by atoms with E-state index in [0.717, 1.165) is 4.90 Å². The van der Waals surface area contributed by atoms with E-state index < -0.39 is 17.8 Å². The molecule has 27 heavy (non-hydrogen) atoms. The van der Waals surface area contributed by atoms with E-state index in [1.54, 1.807) is 48.5 Å². The van der Waals surface area contributed by atoms with Crippen LogP contribution in [0.5, 0.6) is 0 Å². The molecule has 0 unspecified atom stereocenters. The highest BCUT2D eigenvalue weighted by Crippen LogP contribution is 2.25. The van der Waals surface area contributed by atoms with E-state index in [1.165, 1.54) is 7.11 Å². The number of methoxy groups -OCH3 is 1. The van der Waals surface area contributed by atoms with Gasteiger partial charge < -0.3 is 9.15 Å². The summed E-state index contributed by atoms with van der Waals surface area (Å²) < 4.78 is 10.2. The Labute approximate surface area is 153 Å². The van der Waals surface area contributed by atoms with Crippen LogP contribution in [0.15, 0.2) is 52.9 Å². The molecule has 0 bridgehead atoms. The first kappa shape index (κ1) is 16.6. The molecule has 0 aliphatic carbocycles. The SMILES string of the molecule is COC(=O)c1ccc(-c2nnc(CN3C(=O)c4ccccc4C3=O)o2)cc1. The zero-order valence-electron chi connectivity index (χ0n) is 14.2. The van der Waals surface area contributed by atoms with Crippen molar-refractivity contribution in [1.82, 2.24) is 15.1 Å². The van der Waals surface area contributed by atoms with Crippen LogP contribution in [0, 0.1) is 0 Å². The standard InChI is InChI=1S/C19H13N3O5/c1-26-19(25)12-8-6-11(7-9-12)16-21-20-15(27-16)10-22-17(23)13-4-2-3-5-14(13)18(22)24/h2-9H,10H2,1H3. The molecule has 2 heterocycles. The molecule has 0 saturated carbocycles. The number of ether oxygens (including phenoxy) is 1. The second kappa shape index (κ2) is 6.49. The molecule has 4 rings (SSSR count). The van der Waals surface area contributed by atoms with Crippen molar-refractivity contribution < 1.29 is 23.5 Å². The summed E-state index contributed by atoms with van der Waals surface area (Å²) in [5.41, 5.74) is 1.72. The average Bonchev–Trinajstić information content (AvgIpc) is 3.27. The van der Waals surface area contributed by atoms with Crippen LogP contribution in [-0.4, -0.2) is 40.0 Å². The Morgan fingerprint density at radius 3 is 2.22 bits per heavy atom. The number of aromatic nitrogens is 2. The highest BCUT2D eigenvalue weighted by Gasteiger charge is 2.36. The van der Waals surface area contributed by atoms with Gasteiger partial charge in [0.1, 0.15) is 6.54 Å². The maximum absolute atomic E-state index is 12.4. The Kier molecular flexibility index (Phi) is 4.00. The molecule has 0 spiro atoms. The molecule has 0 atom stereocenters. The van der Waals surface area contributed by atoms with Crippen molar-refractivity contribution in [3.63, 3.8) is 0 Å². The third kappa shape index (κ3) is 2.86. The van der Waals surface area contributed by atoms with Crippen molar-refractivity contribution >= 4 is 17.8 Å². The molecule has 8 heteroatoms. The van der Waals surface area contributed by atoms with Gasteiger partial charge in [-0.25, -0.2) is 4.79 Å². The zero-order chi connectivity index (χ0) is 19.0. The van der Waals surface area contributed by atoms with Gasteiger partial charge in [0.25, 0.3) is 11.8 Å². The number of carbonyl (C=O) groups excluding carboxylic acids is 3. The quantitative estimate of drug-likeness (QED) is 0.518. The number of amides is 2. The third-order valence-electron chi connectivity index (χ3n) is 4.19. The van der Waals surface area contributed by atoms with Crippen molar-refractivity contribution in [1.29, 1.82) is 0 Å². The molecule has 2 amide bonds. The number of fused-ring (bicyclic) bond motifs is 1. The summed E-state index contributed by atoms with van der Waals surface area (Å²) in [4.78, 5) is 37.3. The normalized spacial score (nSPS) is 13.0. The molecule has 0 radical (unpaired) electrons. The van der Waals surface area contributed by atoms with E-state index >= 15 is 0 Å². The lowest BCUT2D eigenvalue weighted by Crippen LogP contribution is -2.29. The lowest BCUT2D eigenvalue weighted by atomic mass is 10.1. The van der Waals surface area contributed by atoms with Crippen LogP contribution in [-0.2, 0) is 11.3 Å². The summed E-state index contributed by atoms with van der Waals surface area (Å²) in [6, 6.07) is 13.1. The summed E-state index contributed by atoms with van der Waals surface area (Å²) in [5.74, 6) is -0.872. The average molecular weight is 363 g/mol.